The highest BCUT2D eigenvalue weighted by molar-refractivity contribution is 7.12. The van der Waals surface area contributed by atoms with Crippen molar-refractivity contribution in [3.8, 4) is 0 Å². The Kier molecular flexibility index (Phi) is 5.62. The molecule has 1 atom stereocenters. The van der Waals surface area contributed by atoms with Crippen LogP contribution in [0.4, 0.5) is 10.1 Å². The molecule has 148 valence electrons. The zero-order valence-electron chi connectivity index (χ0n) is 15.6. The highest BCUT2D eigenvalue weighted by Gasteiger charge is 2.36. The Labute approximate surface area is 168 Å². The first-order valence-corrected chi connectivity index (χ1v) is 10.6. The minimum Gasteiger partial charge on any atom is -0.371 e. The van der Waals surface area contributed by atoms with Crippen molar-refractivity contribution in [3.05, 3.63) is 52.5 Å². The standard InChI is InChI=1S/C21H24FN3O2S/c22-15-4-1-5-17(14-15)24-11-8-16(9-12-24)23-20(26)18-6-2-10-25(18)21(27)19-7-3-13-28-19/h1,3-5,7,13-14,16,18H,2,6,8-12H2,(H,23,26)/t18-/m0/s1. The Bertz CT molecular complexity index is 834. The molecule has 0 saturated carbocycles. The molecule has 2 saturated heterocycles. The number of nitrogens with one attached hydrogen (secondary N) is 1. The van der Waals surface area contributed by atoms with E-state index < -0.39 is 0 Å². The van der Waals surface area contributed by atoms with E-state index in [9.17, 15) is 14.0 Å². The minimum atomic E-state index is -0.379. The van der Waals surface area contributed by atoms with Crippen LogP contribution in [0.5, 0.6) is 0 Å². The fraction of sp³-hybridized carbons (Fsp3) is 0.429. The van der Waals surface area contributed by atoms with Crippen LogP contribution < -0.4 is 10.2 Å². The van der Waals surface area contributed by atoms with Crippen molar-refractivity contribution in [1.82, 2.24) is 10.2 Å². The summed E-state index contributed by atoms with van der Waals surface area (Å²) in [6.45, 7) is 2.18. The predicted octanol–water partition coefficient (Wildman–Crippen LogP) is 3.28. The molecular formula is C21H24FN3O2S. The van der Waals surface area contributed by atoms with Crippen LogP contribution in [0, 0.1) is 5.82 Å². The van der Waals surface area contributed by atoms with E-state index in [1.165, 1.54) is 17.4 Å². The molecule has 5 nitrogen and oxygen atoms in total. The van der Waals surface area contributed by atoms with Gasteiger partial charge in [0.05, 0.1) is 4.88 Å². The molecule has 2 aliphatic rings. The number of carbonyl (C=O) groups is 2. The summed E-state index contributed by atoms with van der Waals surface area (Å²) in [7, 11) is 0. The number of anilines is 1. The third-order valence-electron chi connectivity index (χ3n) is 5.56. The van der Waals surface area contributed by atoms with Gasteiger partial charge in [0.15, 0.2) is 0 Å². The summed E-state index contributed by atoms with van der Waals surface area (Å²) in [4.78, 5) is 30.0. The van der Waals surface area contributed by atoms with Crippen LogP contribution >= 0.6 is 11.3 Å². The average Bonchev–Trinajstić information content (AvgIpc) is 3.40. The van der Waals surface area contributed by atoms with Crippen LogP contribution in [0.2, 0.25) is 0 Å². The lowest BCUT2D eigenvalue weighted by Gasteiger charge is -2.35. The first-order chi connectivity index (χ1) is 13.6. The van der Waals surface area contributed by atoms with Crippen LogP contribution in [0.25, 0.3) is 0 Å². The van der Waals surface area contributed by atoms with Gasteiger partial charge in [0, 0.05) is 31.4 Å². The SMILES string of the molecule is O=C(NC1CCN(c2cccc(F)c2)CC1)[C@@H]1CCCN1C(=O)c1cccs1. The fourth-order valence-corrected chi connectivity index (χ4v) is 4.76. The van der Waals surface area contributed by atoms with E-state index >= 15 is 0 Å². The number of likely N-dealkylation sites (tertiary alicyclic amines) is 1. The minimum absolute atomic E-state index is 0.0476. The molecule has 28 heavy (non-hydrogen) atoms. The van der Waals surface area contributed by atoms with Gasteiger partial charge in [0.25, 0.3) is 5.91 Å². The summed E-state index contributed by atoms with van der Waals surface area (Å²) in [5, 5.41) is 5.02. The van der Waals surface area contributed by atoms with E-state index in [1.54, 1.807) is 17.0 Å². The van der Waals surface area contributed by atoms with Gasteiger partial charge in [-0.25, -0.2) is 4.39 Å². The Morgan fingerprint density at radius 1 is 1.07 bits per heavy atom. The summed E-state index contributed by atoms with van der Waals surface area (Å²) >= 11 is 1.41. The number of nitrogens with zero attached hydrogens (tertiary/aromatic N) is 2. The molecule has 1 N–H and O–H groups in total. The van der Waals surface area contributed by atoms with Crippen LogP contribution in [0.15, 0.2) is 41.8 Å². The van der Waals surface area contributed by atoms with Gasteiger partial charge < -0.3 is 15.1 Å². The molecule has 0 spiro atoms. The fourth-order valence-electron chi connectivity index (χ4n) is 4.08. The summed E-state index contributed by atoms with van der Waals surface area (Å²) in [5.74, 6) is -0.329. The van der Waals surface area contributed by atoms with Crippen LogP contribution in [-0.4, -0.2) is 48.4 Å². The lowest BCUT2D eigenvalue weighted by molar-refractivity contribution is -0.125. The maximum atomic E-state index is 13.4. The molecule has 0 bridgehead atoms. The molecular weight excluding hydrogens is 377 g/mol. The molecule has 2 aromatic rings. The zero-order chi connectivity index (χ0) is 19.5. The van der Waals surface area contributed by atoms with E-state index in [4.69, 9.17) is 0 Å². The van der Waals surface area contributed by atoms with Crippen molar-refractivity contribution in [2.75, 3.05) is 24.5 Å². The summed E-state index contributed by atoms with van der Waals surface area (Å²) in [6, 6.07) is 10.0. The van der Waals surface area contributed by atoms with E-state index in [1.807, 2.05) is 23.6 Å². The molecule has 2 aliphatic heterocycles. The lowest BCUT2D eigenvalue weighted by atomic mass is 10.0. The van der Waals surface area contributed by atoms with Gasteiger partial charge in [0.1, 0.15) is 11.9 Å². The number of carbonyl (C=O) groups excluding carboxylic acids is 2. The number of hydrogen-bond donors (Lipinski definition) is 1. The number of halogens is 1. The molecule has 0 unspecified atom stereocenters. The largest absolute Gasteiger partial charge is 0.371 e. The molecule has 2 amide bonds. The van der Waals surface area contributed by atoms with Gasteiger partial charge in [-0.05, 0) is 55.3 Å². The number of amides is 2. The number of benzene rings is 1. The summed E-state index contributed by atoms with van der Waals surface area (Å²) < 4.78 is 13.4. The first-order valence-electron chi connectivity index (χ1n) is 9.77. The third kappa shape index (κ3) is 4.04. The number of hydrogen-bond acceptors (Lipinski definition) is 4. The highest BCUT2D eigenvalue weighted by atomic mass is 32.1. The van der Waals surface area contributed by atoms with Gasteiger partial charge in [-0.15, -0.1) is 11.3 Å². The number of thiophene rings is 1. The van der Waals surface area contributed by atoms with Crippen LogP contribution in [0.1, 0.15) is 35.4 Å². The van der Waals surface area contributed by atoms with Crippen LogP contribution in [0.3, 0.4) is 0 Å². The maximum absolute atomic E-state index is 13.4. The molecule has 1 aromatic heterocycles. The predicted molar refractivity (Wildman–Crippen MR) is 108 cm³/mol. The van der Waals surface area contributed by atoms with Crippen molar-refractivity contribution < 1.29 is 14.0 Å². The van der Waals surface area contributed by atoms with Crippen molar-refractivity contribution >= 4 is 28.8 Å². The van der Waals surface area contributed by atoms with Crippen molar-refractivity contribution in [2.45, 2.75) is 37.8 Å². The molecule has 7 heteroatoms. The molecule has 3 heterocycles. The zero-order valence-corrected chi connectivity index (χ0v) is 16.5. The number of piperidine rings is 1. The Morgan fingerprint density at radius 3 is 2.61 bits per heavy atom. The second-order valence-corrected chi connectivity index (χ2v) is 8.33. The quantitative estimate of drug-likeness (QED) is 0.856. The van der Waals surface area contributed by atoms with Gasteiger partial charge in [0.2, 0.25) is 5.91 Å². The topological polar surface area (TPSA) is 52.7 Å². The van der Waals surface area contributed by atoms with E-state index in [2.05, 4.69) is 10.2 Å². The van der Waals surface area contributed by atoms with Gasteiger partial charge in [-0.2, -0.15) is 0 Å². The average molecular weight is 402 g/mol. The maximum Gasteiger partial charge on any atom is 0.264 e. The van der Waals surface area contributed by atoms with Crippen molar-refractivity contribution in [2.24, 2.45) is 0 Å². The normalized spacial score (nSPS) is 20.4. The second-order valence-electron chi connectivity index (χ2n) is 7.38. The lowest BCUT2D eigenvalue weighted by Crippen LogP contribution is -2.51. The smallest absolute Gasteiger partial charge is 0.264 e. The van der Waals surface area contributed by atoms with Crippen molar-refractivity contribution in [1.29, 1.82) is 0 Å². The molecule has 0 aliphatic carbocycles. The molecule has 0 radical (unpaired) electrons. The molecule has 4 rings (SSSR count). The van der Waals surface area contributed by atoms with Gasteiger partial charge in [-0.3, -0.25) is 9.59 Å². The van der Waals surface area contributed by atoms with E-state index in [0.717, 1.165) is 38.0 Å². The Balaban J connectivity index is 1.32. The van der Waals surface area contributed by atoms with Gasteiger partial charge in [-0.1, -0.05) is 12.1 Å². The van der Waals surface area contributed by atoms with Crippen molar-refractivity contribution in [3.63, 3.8) is 0 Å². The summed E-state index contributed by atoms with van der Waals surface area (Å²) in [6.07, 6.45) is 3.19. The number of rotatable bonds is 4. The van der Waals surface area contributed by atoms with E-state index in [-0.39, 0.29) is 29.7 Å². The monoisotopic (exact) mass is 401 g/mol. The van der Waals surface area contributed by atoms with Crippen LogP contribution in [-0.2, 0) is 4.79 Å². The molecule has 2 fully saturated rings. The van der Waals surface area contributed by atoms with Gasteiger partial charge >= 0.3 is 0 Å². The second kappa shape index (κ2) is 8.31. The van der Waals surface area contributed by atoms with E-state index in [0.29, 0.717) is 17.8 Å². The third-order valence-corrected chi connectivity index (χ3v) is 6.42. The Hall–Kier alpha value is -2.41. The summed E-state index contributed by atoms with van der Waals surface area (Å²) in [5.41, 5.74) is 0.883. The first kappa shape index (κ1) is 18.9. The Morgan fingerprint density at radius 2 is 1.89 bits per heavy atom. The molecule has 1 aromatic carbocycles. The highest BCUT2D eigenvalue weighted by Crippen LogP contribution is 2.24.